The Morgan fingerprint density at radius 3 is 2.50 bits per heavy atom. The molecule has 0 saturated heterocycles. The van der Waals surface area contributed by atoms with Gasteiger partial charge in [-0.2, -0.15) is 5.26 Å². The number of rotatable bonds is 2. The van der Waals surface area contributed by atoms with E-state index in [1.807, 2.05) is 20.8 Å². The minimum Gasteiger partial charge on any atom is -0.237 e. The molecular formula is C15H21N3. The number of aromatic nitrogens is 2. The van der Waals surface area contributed by atoms with Gasteiger partial charge in [0.05, 0.1) is 6.07 Å². The highest BCUT2D eigenvalue weighted by atomic mass is 14.9. The van der Waals surface area contributed by atoms with E-state index in [0.717, 1.165) is 11.4 Å². The largest absolute Gasteiger partial charge is 0.237 e. The molecule has 0 bridgehead atoms. The van der Waals surface area contributed by atoms with Gasteiger partial charge in [-0.3, -0.25) is 0 Å². The van der Waals surface area contributed by atoms with Crippen LogP contribution in [0.5, 0.6) is 0 Å². The molecule has 0 spiro atoms. The molecule has 0 amide bonds. The molecule has 1 saturated carbocycles. The van der Waals surface area contributed by atoms with E-state index >= 15 is 0 Å². The van der Waals surface area contributed by atoms with E-state index in [0.29, 0.717) is 11.7 Å². The van der Waals surface area contributed by atoms with E-state index in [4.69, 9.17) is 0 Å². The highest BCUT2D eigenvalue weighted by Gasteiger charge is 2.26. The lowest BCUT2D eigenvalue weighted by Crippen LogP contribution is -2.21. The Bertz CT molecular complexity index is 465. The molecule has 1 aliphatic rings. The summed E-state index contributed by atoms with van der Waals surface area (Å²) in [6.45, 7) is 5.75. The van der Waals surface area contributed by atoms with Crippen LogP contribution in [0.4, 0.5) is 0 Å². The summed E-state index contributed by atoms with van der Waals surface area (Å²) in [5.74, 6) is 1.24. The van der Waals surface area contributed by atoms with Crippen molar-refractivity contribution in [1.29, 1.82) is 5.26 Å². The van der Waals surface area contributed by atoms with Crippen LogP contribution in [0.25, 0.3) is 0 Å². The lowest BCUT2D eigenvalue weighted by Gasteiger charge is -2.23. The second-order valence-corrected chi connectivity index (χ2v) is 5.83. The Labute approximate surface area is 109 Å². The van der Waals surface area contributed by atoms with Crippen LogP contribution < -0.4 is 0 Å². The summed E-state index contributed by atoms with van der Waals surface area (Å²) in [4.78, 5) is 9.10. The summed E-state index contributed by atoms with van der Waals surface area (Å²) < 4.78 is 0. The van der Waals surface area contributed by atoms with Crippen molar-refractivity contribution in [3.8, 4) is 6.07 Å². The van der Waals surface area contributed by atoms with Gasteiger partial charge in [-0.05, 0) is 39.7 Å². The minimum atomic E-state index is -0.602. The zero-order chi connectivity index (χ0) is 13.2. The van der Waals surface area contributed by atoms with Crippen LogP contribution in [-0.2, 0) is 5.41 Å². The molecule has 0 aromatic carbocycles. The van der Waals surface area contributed by atoms with Crippen LogP contribution in [0.3, 0.4) is 0 Å². The zero-order valence-electron chi connectivity index (χ0n) is 11.5. The maximum absolute atomic E-state index is 9.21. The highest BCUT2D eigenvalue weighted by Crippen LogP contribution is 2.32. The average molecular weight is 243 g/mol. The number of aryl methyl sites for hydroxylation is 1. The zero-order valence-corrected chi connectivity index (χ0v) is 11.5. The number of hydrogen-bond acceptors (Lipinski definition) is 3. The predicted octanol–water partition coefficient (Wildman–Crippen LogP) is 3.63. The van der Waals surface area contributed by atoms with Crippen molar-refractivity contribution in [2.24, 2.45) is 0 Å². The van der Waals surface area contributed by atoms with Gasteiger partial charge in [0.15, 0.2) is 0 Å². The molecule has 3 heteroatoms. The van der Waals surface area contributed by atoms with Crippen LogP contribution in [0.15, 0.2) is 6.07 Å². The van der Waals surface area contributed by atoms with Crippen molar-refractivity contribution in [2.45, 2.75) is 64.2 Å². The molecule has 0 aliphatic heterocycles. The maximum Gasteiger partial charge on any atom is 0.148 e. The maximum atomic E-state index is 9.21. The summed E-state index contributed by atoms with van der Waals surface area (Å²) in [7, 11) is 0. The van der Waals surface area contributed by atoms with Crippen LogP contribution >= 0.6 is 0 Å². The van der Waals surface area contributed by atoms with Crippen LogP contribution in [0.2, 0.25) is 0 Å². The second-order valence-electron chi connectivity index (χ2n) is 5.83. The first kappa shape index (κ1) is 13.0. The fourth-order valence-electron chi connectivity index (χ4n) is 2.53. The van der Waals surface area contributed by atoms with Crippen molar-refractivity contribution in [3.05, 3.63) is 23.3 Å². The van der Waals surface area contributed by atoms with Gasteiger partial charge in [0.1, 0.15) is 11.2 Å². The topological polar surface area (TPSA) is 49.6 Å². The predicted molar refractivity (Wildman–Crippen MR) is 71.2 cm³/mol. The molecule has 0 atom stereocenters. The van der Waals surface area contributed by atoms with Gasteiger partial charge >= 0.3 is 0 Å². The molecule has 0 N–H and O–H groups in total. The third-order valence-corrected chi connectivity index (χ3v) is 3.74. The van der Waals surface area contributed by atoms with Crippen LogP contribution in [-0.4, -0.2) is 9.97 Å². The van der Waals surface area contributed by atoms with Crippen molar-refractivity contribution in [1.82, 2.24) is 9.97 Å². The van der Waals surface area contributed by atoms with Gasteiger partial charge in [-0.1, -0.05) is 19.3 Å². The van der Waals surface area contributed by atoms with E-state index in [9.17, 15) is 5.26 Å². The van der Waals surface area contributed by atoms with Gasteiger partial charge in [0.2, 0.25) is 0 Å². The molecule has 2 rings (SSSR count). The molecular weight excluding hydrogens is 222 g/mol. The fraction of sp³-hybridized carbons (Fsp3) is 0.667. The minimum absolute atomic E-state index is 0.564. The molecule has 1 aromatic heterocycles. The molecule has 0 unspecified atom stereocenters. The normalized spacial score (nSPS) is 17.4. The molecule has 1 aliphatic carbocycles. The number of hydrogen-bond donors (Lipinski definition) is 0. The van der Waals surface area contributed by atoms with E-state index in [1.54, 1.807) is 0 Å². The van der Waals surface area contributed by atoms with Gasteiger partial charge < -0.3 is 0 Å². The molecule has 96 valence electrons. The van der Waals surface area contributed by atoms with Crippen molar-refractivity contribution in [3.63, 3.8) is 0 Å². The Balaban J connectivity index is 2.35. The SMILES string of the molecule is Cc1cc(C2CCCCC2)nc(C(C)(C)C#N)n1. The standard InChI is InChI=1S/C15H21N3/c1-11-9-13(12-7-5-4-6-8-12)18-14(17-11)15(2,3)10-16/h9,12H,4-8H2,1-3H3. The molecule has 1 fully saturated rings. The van der Waals surface area contributed by atoms with Crippen LogP contribution in [0.1, 0.15) is 69.1 Å². The van der Waals surface area contributed by atoms with Gasteiger partial charge in [0, 0.05) is 17.3 Å². The average Bonchev–Trinajstić information content (AvgIpc) is 2.39. The lowest BCUT2D eigenvalue weighted by molar-refractivity contribution is 0.433. The molecule has 18 heavy (non-hydrogen) atoms. The number of nitriles is 1. The van der Waals surface area contributed by atoms with Crippen molar-refractivity contribution in [2.75, 3.05) is 0 Å². The summed E-state index contributed by atoms with van der Waals surface area (Å²) in [5.41, 5.74) is 1.51. The summed E-state index contributed by atoms with van der Waals surface area (Å²) in [6.07, 6.45) is 6.39. The Hall–Kier alpha value is -1.43. The Morgan fingerprint density at radius 2 is 1.89 bits per heavy atom. The summed E-state index contributed by atoms with van der Waals surface area (Å²) in [6, 6.07) is 4.38. The first-order valence-electron chi connectivity index (χ1n) is 6.80. The molecule has 0 radical (unpaired) electrons. The molecule has 1 heterocycles. The Kier molecular flexibility index (Phi) is 3.65. The van der Waals surface area contributed by atoms with E-state index in [1.165, 1.54) is 32.1 Å². The van der Waals surface area contributed by atoms with E-state index in [2.05, 4.69) is 22.1 Å². The molecule has 3 nitrogen and oxygen atoms in total. The van der Waals surface area contributed by atoms with E-state index in [-0.39, 0.29) is 0 Å². The quantitative estimate of drug-likeness (QED) is 0.797. The number of nitrogens with zero attached hydrogens (tertiary/aromatic N) is 3. The van der Waals surface area contributed by atoms with Crippen molar-refractivity contribution < 1.29 is 0 Å². The summed E-state index contributed by atoms with van der Waals surface area (Å²) >= 11 is 0. The van der Waals surface area contributed by atoms with Gasteiger partial charge in [-0.15, -0.1) is 0 Å². The van der Waals surface area contributed by atoms with Crippen LogP contribution in [0, 0.1) is 18.3 Å². The fourth-order valence-corrected chi connectivity index (χ4v) is 2.53. The Morgan fingerprint density at radius 1 is 1.22 bits per heavy atom. The second kappa shape index (κ2) is 5.06. The monoisotopic (exact) mass is 243 g/mol. The third-order valence-electron chi connectivity index (χ3n) is 3.74. The first-order valence-corrected chi connectivity index (χ1v) is 6.80. The van der Waals surface area contributed by atoms with E-state index < -0.39 is 5.41 Å². The first-order chi connectivity index (χ1) is 8.53. The van der Waals surface area contributed by atoms with Gasteiger partial charge in [-0.25, -0.2) is 9.97 Å². The van der Waals surface area contributed by atoms with Crippen molar-refractivity contribution >= 4 is 0 Å². The summed E-state index contributed by atoms with van der Waals surface area (Å²) in [5, 5.41) is 9.21. The smallest absolute Gasteiger partial charge is 0.148 e. The molecule has 1 aromatic rings. The highest BCUT2D eigenvalue weighted by molar-refractivity contribution is 5.22. The third kappa shape index (κ3) is 2.69. The van der Waals surface area contributed by atoms with Gasteiger partial charge in [0.25, 0.3) is 0 Å². The lowest BCUT2D eigenvalue weighted by atomic mass is 9.86.